The summed E-state index contributed by atoms with van der Waals surface area (Å²) < 4.78 is 34.1. The van der Waals surface area contributed by atoms with Crippen molar-refractivity contribution in [1.29, 1.82) is 0 Å². The summed E-state index contributed by atoms with van der Waals surface area (Å²) >= 11 is 0. The SMILES string of the molecule is CC[C@@H](NS(=O)(=O)c1ccc2c(c1)CCN2C(C)=O)c1ccc(OC)c(C)c1. The van der Waals surface area contributed by atoms with Gasteiger partial charge in [-0.2, -0.15) is 0 Å². The van der Waals surface area contributed by atoms with E-state index in [2.05, 4.69) is 4.72 Å². The Bertz CT molecular complexity index is 1000. The highest BCUT2D eigenvalue weighted by molar-refractivity contribution is 7.89. The summed E-state index contributed by atoms with van der Waals surface area (Å²) in [6.07, 6.45) is 1.28. The van der Waals surface area contributed by atoms with Gasteiger partial charge in [-0.1, -0.05) is 19.1 Å². The van der Waals surface area contributed by atoms with Gasteiger partial charge in [0.25, 0.3) is 0 Å². The van der Waals surface area contributed by atoms with Crippen molar-refractivity contribution in [3.8, 4) is 5.75 Å². The van der Waals surface area contributed by atoms with Crippen LogP contribution in [-0.2, 0) is 21.2 Å². The number of hydrogen-bond acceptors (Lipinski definition) is 4. The lowest BCUT2D eigenvalue weighted by atomic mass is 10.0. The molecule has 0 saturated carbocycles. The lowest BCUT2D eigenvalue weighted by molar-refractivity contribution is -0.116. The number of ether oxygens (including phenoxy) is 1. The molecule has 0 fully saturated rings. The number of rotatable bonds is 6. The van der Waals surface area contributed by atoms with Gasteiger partial charge in [0.1, 0.15) is 5.75 Å². The van der Waals surface area contributed by atoms with Crippen LogP contribution < -0.4 is 14.4 Å². The Morgan fingerprint density at radius 1 is 1.25 bits per heavy atom. The lowest BCUT2D eigenvalue weighted by Gasteiger charge is -2.19. The van der Waals surface area contributed by atoms with Crippen molar-refractivity contribution >= 4 is 21.6 Å². The molecule has 0 spiro atoms. The highest BCUT2D eigenvalue weighted by Crippen LogP contribution is 2.31. The molecule has 150 valence electrons. The van der Waals surface area contributed by atoms with Crippen LogP contribution in [0.1, 0.15) is 43.0 Å². The predicted octanol–water partition coefficient (Wildman–Crippen LogP) is 3.34. The molecular formula is C21H26N2O4S. The summed E-state index contributed by atoms with van der Waals surface area (Å²) in [6.45, 7) is 5.99. The molecule has 3 rings (SSSR count). The van der Waals surface area contributed by atoms with Crippen LogP contribution in [0.25, 0.3) is 0 Å². The third-order valence-corrected chi connectivity index (χ3v) is 6.63. The van der Waals surface area contributed by atoms with Gasteiger partial charge < -0.3 is 9.64 Å². The second-order valence-electron chi connectivity index (χ2n) is 7.02. The van der Waals surface area contributed by atoms with Crippen LogP contribution in [0.2, 0.25) is 0 Å². The second kappa shape index (κ2) is 7.93. The maximum absolute atomic E-state index is 13.0. The Labute approximate surface area is 166 Å². The maximum Gasteiger partial charge on any atom is 0.241 e. The number of nitrogens with one attached hydrogen (secondary N) is 1. The van der Waals surface area contributed by atoms with Crippen molar-refractivity contribution in [3.05, 3.63) is 53.1 Å². The van der Waals surface area contributed by atoms with E-state index in [9.17, 15) is 13.2 Å². The number of methoxy groups -OCH3 is 1. The summed E-state index contributed by atoms with van der Waals surface area (Å²) in [6, 6.07) is 10.3. The molecule has 0 radical (unpaired) electrons. The average molecular weight is 403 g/mol. The number of amides is 1. The van der Waals surface area contributed by atoms with Crippen LogP contribution in [0.3, 0.4) is 0 Å². The number of benzene rings is 2. The topological polar surface area (TPSA) is 75.7 Å². The zero-order valence-corrected chi connectivity index (χ0v) is 17.5. The molecule has 0 unspecified atom stereocenters. The molecule has 1 atom stereocenters. The Balaban J connectivity index is 1.86. The van der Waals surface area contributed by atoms with Crippen molar-refractivity contribution in [2.45, 2.75) is 44.6 Å². The molecule has 0 aromatic heterocycles. The van der Waals surface area contributed by atoms with Gasteiger partial charge in [-0.3, -0.25) is 4.79 Å². The van der Waals surface area contributed by atoms with E-state index in [4.69, 9.17) is 4.74 Å². The van der Waals surface area contributed by atoms with Crippen molar-refractivity contribution in [1.82, 2.24) is 4.72 Å². The number of nitrogens with zero attached hydrogens (tertiary/aromatic N) is 1. The van der Waals surface area contributed by atoms with E-state index in [1.807, 2.05) is 32.0 Å². The fraction of sp³-hybridized carbons (Fsp3) is 0.381. The Morgan fingerprint density at radius 2 is 2.00 bits per heavy atom. The van der Waals surface area contributed by atoms with Crippen LogP contribution in [-0.4, -0.2) is 28.0 Å². The van der Waals surface area contributed by atoms with Crippen LogP contribution in [0.4, 0.5) is 5.69 Å². The molecule has 0 bridgehead atoms. The van der Waals surface area contributed by atoms with Gasteiger partial charge in [0.2, 0.25) is 15.9 Å². The van der Waals surface area contributed by atoms with Crippen molar-refractivity contribution < 1.29 is 17.9 Å². The molecule has 1 aliphatic heterocycles. The first-order valence-corrected chi connectivity index (χ1v) is 10.8. The molecule has 0 aliphatic carbocycles. The highest BCUT2D eigenvalue weighted by atomic mass is 32.2. The number of carbonyl (C=O) groups is 1. The third kappa shape index (κ3) is 3.91. The van der Waals surface area contributed by atoms with Crippen molar-refractivity contribution in [2.75, 3.05) is 18.6 Å². The number of anilines is 1. The fourth-order valence-corrected chi connectivity index (χ4v) is 4.99. The monoisotopic (exact) mass is 402 g/mol. The minimum Gasteiger partial charge on any atom is -0.496 e. The molecular weight excluding hydrogens is 376 g/mol. The van der Waals surface area contributed by atoms with Crippen LogP contribution in [0, 0.1) is 6.92 Å². The van der Waals surface area contributed by atoms with E-state index in [0.717, 1.165) is 28.1 Å². The first kappa shape index (κ1) is 20.4. The number of carbonyl (C=O) groups excluding carboxylic acids is 1. The zero-order chi connectivity index (χ0) is 20.5. The Kier molecular flexibility index (Phi) is 5.76. The van der Waals surface area contributed by atoms with Crippen LogP contribution in [0.15, 0.2) is 41.3 Å². The van der Waals surface area contributed by atoms with E-state index in [0.29, 0.717) is 19.4 Å². The van der Waals surface area contributed by atoms with E-state index in [1.165, 1.54) is 6.92 Å². The van der Waals surface area contributed by atoms with Gasteiger partial charge in [0, 0.05) is 25.2 Å². The predicted molar refractivity (Wildman–Crippen MR) is 109 cm³/mol. The largest absolute Gasteiger partial charge is 0.496 e. The molecule has 7 heteroatoms. The lowest BCUT2D eigenvalue weighted by Crippen LogP contribution is -2.28. The van der Waals surface area contributed by atoms with Crippen LogP contribution in [0.5, 0.6) is 5.75 Å². The third-order valence-electron chi connectivity index (χ3n) is 5.16. The molecule has 1 aliphatic rings. The minimum absolute atomic E-state index is 0.0339. The Morgan fingerprint density at radius 3 is 2.61 bits per heavy atom. The number of aryl methyl sites for hydroxylation is 1. The average Bonchev–Trinajstić information content (AvgIpc) is 3.09. The van der Waals surface area contributed by atoms with Crippen molar-refractivity contribution in [2.24, 2.45) is 0 Å². The van der Waals surface area contributed by atoms with Gasteiger partial charge in [0.15, 0.2) is 0 Å². The van der Waals surface area contributed by atoms with Gasteiger partial charge in [-0.15, -0.1) is 0 Å². The number of sulfonamides is 1. The second-order valence-corrected chi connectivity index (χ2v) is 8.74. The molecule has 6 nitrogen and oxygen atoms in total. The summed E-state index contributed by atoms with van der Waals surface area (Å²) in [4.78, 5) is 13.6. The molecule has 1 N–H and O–H groups in total. The van der Waals surface area contributed by atoms with E-state index in [1.54, 1.807) is 30.2 Å². The smallest absolute Gasteiger partial charge is 0.241 e. The number of hydrogen-bond donors (Lipinski definition) is 1. The summed E-state index contributed by atoms with van der Waals surface area (Å²) in [7, 11) is -2.08. The van der Waals surface area contributed by atoms with Gasteiger partial charge in [-0.25, -0.2) is 13.1 Å². The maximum atomic E-state index is 13.0. The van der Waals surface area contributed by atoms with Gasteiger partial charge in [0.05, 0.1) is 12.0 Å². The fourth-order valence-electron chi connectivity index (χ4n) is 3.63. The molecule has 2 aromatic carbocycles. The van der Waals surface area contributed by atoms with Gasteiger partial charge >= 0.3 is 0 Å². The number of fused-ring (bicyclic) bond motifs is 1. The molecule has 28 heavy (non-hydrogen) atoms. The van der Waals surface area contributed by atoms with E-state index in [-0.39, 0.29) is 16.8 Å². The molecule has 1 amide bonds. The molecule has 2 aromatic rings. The summed E-state index contributed by atoms with van der Waals surface area (Å²) in [5.74, 6) is 0.739. The standard InChI is InChI=1S/C21H26N2O4S/c1-5-19(16-6-9-21(27-4)14(2)12-16)22-28(25,26)18-7-8-20-17(13-18)10-11-23(20)15(3)24/h6-9,12-13,19,22H,5,10-11H2,1-4H3/t19-/m1/s1. The van der Waals surface area contributed by atoms with Gasteiger partial charge in [-0.05, 0) is 60.7 Å². The Hall–Kier alpha value is -2.38. The first-order valence-electron chi connectivity index (χ1n) is 9.34. The van der Waals surface area contributed by atoms with Crippen molar-refractivity contribution in [3.63, 3.8) is 0 Å². The molecule has 1 heterocycles. The molecule has 0 saturated heterocycles. The normalized spacial score (nSPS) is 14.6. The van der Waals surface area contributed by atoms with Crippen LogP contribution >= 0.6 is 0 Å². The minimum atomic E-state index is -3.69. The van der Waals surface area contributed by atoms with E-state index >= 15 is 0 Å². The summed E-state index contributed by atoms with van der Waals surface area (Å²) in [5.41, 5.74) is 3.53. The summed E-state index contributed by atoms with van der Waals surface area (Å²) in [5, 5.41) is 0. The highest BCUT2D eigenvalue weighted by Gasteiger charge is 2.26. The quantitative estimate of drug-likeness (QED) is 0.804. The zero-order valence-electron chi connectivity index (χ0n) is 16.7. The van der Waals surface area contributed by atoms with E-state index < -0.39 is 10.0 Å². The first-order chi connectivity index (χ1) is 13.3.